The molecular weight excluding hydrogens is 464 g/mol. The fourth-order valence-corrected chi connectivity index (χ4v) is 2.73. The van der Waals surface area contributed by atoms with Gasteiger partial charge in [0.2, 0.25) is 0 Å². The van der Waals surface area contributed by atoms with Crippen molar-refractivity contribution in [1.29, 1.82) is 0 Å². The first kappa shape index (κ1) is 21.6. The van der Waals surface area contributed by atoms with E-state index in [2.05, 4.69) is 15.2 Å². The molecule has 24 heavy (non-hydrogen) atoms. The molecule has 136 valence electrons. The van der Waals surface area contributed by atoms with Gasteiger partial charge in [0.05, 0.1) is 11.6 Å². The number of likely N-dealkylation sites (tertiary alicyclic amines) is 1. The first-order chi connectivity index (χ1) is 11.1. The number of aliphatic hydroxyl groups is 1. The average Bonchev–Trinajstić information content (AvgIpc) is 3.07. The largest absolute Gasteiger partial charge is 0.489 e. The molecule has 2 N–H and O–H groups in total. The third kappa shape index (κ3) is 6.46. The van der Waals surface area contributed by atoms with Crippen molar-refractivity contribution in [3.8, 4) is 5.75 Å². The highest BCUT2D eigenvalue weighted by molar-refractivity contribution is 14.0. The van der Waals surface area contributed by atoms with E-state index in [1.807, 2.05) is 6.92 Å². The lowest BCUT2D eigenvalue weighted by molar-refractivity contribution is 0.114. The molecule has 0 spiro atoms. The number of aliphatic imine (C=N–C) groups is 1. The molecule has 1 aromatic carbocycles. The molecule has 1 aliphatic heterocycles. The maximum atomic E-state index is 10.1. The molecule has 1 fully saturated rings. The van der Waals surface area contributed by atoms with Crippen LogP contribution in [-0.2, 0) is 0 Å². The van der Waals surface area contributed by atoms with Crippen molar-refractivity contribution in [2.24, 2.45) is 4.99 Å². The van der Waals surface area contributed by atoms with E-state index in [4.69, 9.17) is 27.9 Å². The Morgan fingerprint density at radius 3 is 2.75 bits per heavy atom. The summed E-state index contributed by atoms with van der Waals surface area (Å²) in [4.78, 5) is 6.70. The summed E-state index contributed by atoms with van der Waals surface area (Å²) in [5.41, 5.74) is 0. The Morgan fingerprint density at radius 1 is 1.38 bits per heavy atom. The number of benzene rings is 1. The summed E-state index contributed by atoms with van der Waals surface area (Å²) >= 11 is 12.0. The van der Waals surface area contributed by atoms with Gasteiger partial charge in [0, 0.05) is 19.6 Å². The Balaban J connectivity index is 0.00000288. The second-order valence-corrected chi connectivity index (χ2v) is 6.19. The molecule has 0 radical (unpaired) electrons. The lowest BCUT2D eigenvalue weighted by atomic mass is 10.3. The summed E-state index contributed by atoms with van der Waals surface area (Å²) in [6.07, 6.45) is 1.66. The third-order valence-corrected chi connectivity index (χ3v) is 4.34. The molecule has 1 unspecified atom stereocenters. The summed E-state index contributed by atoms with van der Waals surface area (Å²) < 4.78 is 5.53. The number of halogens is 3. The Kier molecular flexibility index (Phi) is 10.1. The van der Waals surface area contributed by atoms with Gasteiger partial charge in [-0.05, 0) is 31.9 Å². The minimum absolute atomic E-state index is 0. The second-order valence-electron chi connectivity index (χ2n) is 5.41. The number of hydrogen-bond acceptors (Lipinski definition) is 3. The highest BCUT2D eigenvalue weighted by Crippen LogP contribution is 2.31. The molecule has 0 amide bonds. The van der Waals surface area contributed by atoms with Crippen LogP contribution < -0.4 is 10.1 Å². The SMILES string of the molecule is CCNC(=NCC(O)COc1cccc(Cl)c1Cl)N1CCCC1.I. The van der Waals surface area contributed by atoms with Crippen LogP contribution in [0.3, 0.4) is 0 Å². The van der Waals surface area contributed by atoms with E-state index in [-0.39, 0.29) is 37.1 Å². The van der Waals surface area contributed by atoms with Crippen LogP contribution in [0.25, 0.3) is 0 Å². The first-order valence-electron chi connectivity index (χ1n) is 7.90. The second kappa shape index (κ2) is 11.2. The fourth-order valence-electron chi connectivity index (χ4n) is 2.38. The zero-order chi connectivity index (χ0) is 16.7. The molecule has 1 heterocycles. The van der Waals surface area contributed by atoms with Crippen LogP contribution >= 0.6 is 47.2 Å². The molecule has 0 aliphatic carbocycles. The Bertz CT molecular complexity index is 540. The molecule has 0 saturated carbocycles. The van der Waals surface area contributed by atoms with Gasteiger partial charge in [-0.15, -0.1) is 24.0 Å². The van der Waals surface area contributed by atoms with Gasteiger partial charge in [0.15, 0.2) is 5.96 Å². The number of ether oxygens (including phenoxy) is 1. The maximum Gasteiger partial charge on any atom is 0.194 e. The third-order valence-electron chi connectivity index (χ3n) is 3.54. The van der Waals surface area contributed by atoms with E-state index >= 15 is 0 Å². The number of aliphatic hydroxyl groups excluding tert-OH is 1. The van der Waals surface area contributed by atoms with Crippen molar-refractivity contribution >= 4 is 53.1 Å². The van der Waals surface area contributed by atoms with Gasteiger partial charge in [-0.1, -0.05) is 29.3 Å². The molecule has 0 aromatic heterocycles. The van der Waals surface area contributed by atoms with Crippen LogP contribution in [0.2, 0.25) is 10.0 Å². The molecule has 1 aromatic rings. The van der Waals surface area contributed by atoms with Gasteiger partial charge < -0.3 is 20.1 Å². The van der Waals surface area contributed by atoms with E-state index in [1.54, 1.807) is 18.2 Å². The van der Waals surface area contributed by atoms with E-state index < -0.39 is 6.10 Å². The van der Waals surface area contributed by atoms with Crippen LogP contribution in [0.4, 0.5) is 0 Å². The number of hydrogen-bond donors (Lipinski definition) is 2. The number of rotatable bonds is 6. The van der Waals surface area contributed by atoms with E-state index in [0.717, 1.165) is 25.6 Å². The summed E-state index contributed by atoms with van der Waals surface area (Å²) in [6.45, 7) is 5.25. The number of guanidine groups is 1. The van der Waals surface area contributed by atoms with Crippen LogP contribution in [0.5, 0.6) is 5.75 Å². The van der Waals surface area contributed by atoms with Crippen LogP contribution in [-0.4, -0.2) is 54.9 Å². The van der Waals surface area contributed by atoms with Gasteiger partial charge in [-0.3, -0.25) is 4.99 Å². The Hall–Kier alpha value is -0.440. The summed E-state index contributed by atoms with van der Waals surface area (Å²) in [5.74, 6) is 1.32. The van der Waals surface area contributed by atoms with Gasteiger partial charge in [-0.2, -0.15) is 0 Å². The Morgan fingerprint density at radius 2 is 2.08 bits per heavy atom. The molecule has 2 rings (SSSR count). The number of nitrogens with one attached hydrogen (secondary N) is 1. The standard InChI is InChI=1S/C16H23Cl2N3O2.HI/c1-2-19-16(21-8-3-4-9-21)20-10-12(22)11-23-14-7-5-6-13(17)15(14)18;/h5-7,12,22H,2-4,8-11H2,1H3,(H,19,20);1H. The van der Waals surface area contributed by atoms with Crippen LogP contribution in [0.1, 0.15) is 19.8 Å². The van der Waals surface area contributed by atoms with E-state index in [1.165, 1.54) is 12.8 Å². The predicted molar refractivity (Wildman–Crippen MR) is 110 cm³/mol. The zero-order valence-corrected chi connectivity index (χ0v) is 17.5. The van der Waals surface area contributed by atoms with E-state index in [9.17, 15) is 5.11 Å². The molecule has 1 saturated heterocycles. The normalized spacial score (nSPS) is 15.8. The monoisotopic (exact) mass is 487 g/mol. The van der Waals surface area contributed by atoms with Crippen LogP contribution in [0.15, 0.2) is 23.2 Å². The molecule has 5 nitrogen and oxygen atoms in total. The average molecular weight is 488 g/mol. The fraction of sp³-hybridized carbons (Fsp3) is 0.562. The van der Waals surface area contributed by atoms with Crippen molar-refractivity contribution in [1.82, 2.24) is 10.2 Å². The lowest BCUT2D eigenvalue weighted by Crippen LogP contribution is -2.40. The molecule has 0 bridgehead atoms. The highest BCUT2D eigenvalue weighted by atomic mass is 127. The van der Waals surface area contributed by atoms with Gasteiger partial charge in [0.25, 0.3) is 0 Å². The molecular formula is C16H24Cl2IN3O2. The van der Waals surface area contributed by atoms with Crippen LogP contribution in [0, 0.1) is 0 Å². The van der Waals surface area contributed by atoms with Gasteiger partial charge >= 0.3 is 0 Å². The minimum Gasteiger partial charge on any atom is -0.489 e. The highest BCUT2D eigenvalue weighted by Gasteiger charge is 2.16. The van der Waals surface area contributed by atoms with Gasteiger partial charge in [0.1, 0.15) is 23.5 Å². The summed E-state index contributed by atoms with van der Waals surface area (Å²) in [5, 5.41) is 14.1. The first-order valence-corrected chi connectivity index (χ1v) is 8.65. The summed E-state index contributed by atoms with van der Waals surface area (Å²) in [7, 11) is 0. The maximum absolute atomic E-state index is 10.1. The lowest BCUT2D eigenvalue weighted by Gasteiger charge is -2.21. The smallest absolute Gasteiger partial charge is 0.194 e. The van der Waals surface area contributed by atoms with E-state index in [0.29, 0.717) is 15.8 Å². The van der Waals surface area contributed by atoms with Crippen molar-refractivity contribution in [3.63, 3.8) is 0 Å². The number of nitrogens with zero attached hydrogens (tertiary/aromatic N) is 2. The van der Waals surface area contributed by atoms with Crippen molar-refractivity contribution in [2.45, 2.75) is 25.9 Å². The Labute approximate surface area is 170 Å². The predicted octanol–water partition coefficient (Wildman–Crippen LogP) is 3.41. The topological polar surface area (TPSA) is 57.1 Å². The minimum atomic E-state index is -0.707. The zero-order valence-electron chi connectivity index (χ0n) is 13.7. The summed E-state index contributed by atoms with van der Waals surface area (Å²) in [6, 6.07) is 5.17. The van der Waals surface area contributed by atoms with Crippen molar-refractivity contribution < 1.29 is 9.84 Å². The van der Waals surface area contributed by atoms with Crippen molar-refractivity contribution in [2.75, 3.05) is 32.8 Å². The molecule has 1 aliphatic rings. The molecule has 8 heteroatoms. The van der Waals surface area contributed by atoms with Gasteiger partial charge in [-0.25, -0.2) is 0 Å². The molecule has 1 atom stereocenters. The quantitative estimate of drug-likeness (QED) is 0.366. The van der Waals surface area contributed by atoms with Crippen molar-refractivity contribution in [3.05, 3.63) is 28.2 Å².